The standard InChI is InChI=1S/C15H14F3NO/c1-10(19-13-6-8-14(20)9-7-13)11-2-4-12(5-3-11)15(16,17)18/h2-10,19-20H,1H3. The molecule has 0 amide bonds. The van der Waals surface area contributed by atoms with Crippen LogP contribution in [0.2, 0.25) is 0 Å². The Labute approximate surface area is 114 Å². The highest BCUT2D eigenvalue weighted by Gasteiger charge is 2.30. The van der Waals surface area contributed by atoms with E-state index in [1.54, 1.807) is 24.3 Å². The van der Waals surface area contributed by atoms with Crippen LogP contribution in [-0.2, 0) is 6.18 Å². The van der Waals surface area contributed by atoms with Crippen molar-refractivity contribution in [1.82, 2.24) is 0 Å². The van der Waals surface area contributed by atoms with Gasteiger partial charge in [-0.1, -0.05) is 12.1 Å². The summed E-state index contributed by atoms with van der Waals surface area (Å²) in [6, 6.07) is 11.4. The number of anilines is 1. The number of aromatic hydroxyl groups is 1. The van der Waals surface area contributed by atoms with Gasteiger partial charge in [-0.3, -0.25) is 0 Å². The summed E-state index contributed by atoms with van der Waals surface area (Å²) in [5.74, 6) is 0.165. The van der Waals surface area contributed by atoms with E-state index in [1.807, 2.05) is 6.92 Å². The van der Waals surface area contributed by atoms with Crippen LogP contribution in [0.1, 0.15) is 24.1 Å². The molecule has 0 bridgehead atoms. The minimum absolute atomic E-state index is 0.137. The second-order valence-electron chi connectivity index (χ2n) is 4.53. The zero-order chi connectivity index (χ0) is 14.8. The number of hydrogen-bond donors (Lipinski definition) is 2. The molecule has 0 aromatic heterocycles. The summed E-state index contributed by atoms with van der Waals surface area (Å²) in [7, 11) is 0. The molecule has 0 heterocycles. The number of alkyl halides is 3. The molecular formula is C15H14F3NO. The zero-order valence-corrected chi connectivity index (χ0v) is 10.8. The van der Waals surface area contributed by atoms with E-state index in [-0.39, 0.29) is 11.8 Å². The van der Waals surface area contributed by atoms with Crippen molar-refractivity contribution in [1.29, 1.82) is 0 Å². The molecule has 0 aliphatic carbocycles. The molecule has 1 unspecified atom stereocenters. The lowest BCUT2D eigenvalue weighted by molar-refractivity contribution is -0.137. The quantitative estimate of drug-likeness (QED) is 0.807. The Kier molecular flexibility index (Phi) is 3.88. The normalized spacial score (nSPS) is 13.0. The van der Waals surface area contributed by atoms with Gasteiger partial charge in [0.05, 0.1) is 5.56 Å². The lowest BCUT2D eigenvalue weighted by Gasteiger charge is -2.16. The van der Waals surface area contributed by atoms with Crippen LogP contribution in [0.4, 0.5) is 18.9 Å². The fourth-order valence-corrected chi connectivity index (χ4v) is 1.85. The number of phenolic OH excluding ortho intramolecular Hbond substituents is 1. The largest absolute Gasteiger partial charge is 0.508 e. The van der Waals surface area contributed by atoms with Crippen molar-refractivity contribution in [3.8, 4) is 5.75 Å². The molecule has 106 valence electrons. The van der Waals surface area contributed by atoms with Crippen LogP contribution in [0, 0.1) is 0 Å². The first kappa shape index (κ1) is 14.2. The van der Waals surface area contributed by atoms with Crippen LogP contribution < -0.4 is 5.32 Å². The third kappa shape index (κ3) is 3.44. The fraction of sp³-hybridized carbons (Fsp3) is 0.200. The maximum absolute atomic E-state index is 12.5. The summed E-state index contributed by atoms with van der Waals surface area (Å²) >= 11 is 0. The van der Waals surface area contributed by atoms with Crippen LogP contribution in [0.15, 0.2) is 48.5 Å². The highest BCUT2D eigenvalue weighted by atomic mass is 19.4. The van der Waals surface area contributed by atoms with Gasteiger partial charge < -0.3 is 10.4 Å². The van der Waals surface area contributed by atoms with E-state index in [9.17, 15) is 18.3 Å². The second-order valence-corrected chi connectivity index (χ2v) is 4.53. The summed E-state index contributed by atoms with van der Waals surface area (Å²) in [5.41, 5.74) is 0.888. The SMILES string of the molecule is CC(Nc1ccc(O)cc1)c1ccc(C(F)(F)F)cc1. The van der Waals surface area contributed by atoms with Gasteiger partial charge >= 0.3 is 6.18 Å². The number of halogens is 3. The summed E-state index contributed by atoms with van der Waals surface area (Å²) in [6.07, 6.45) is -4.31. The monoisotopic (exact) mass is 281 g/mol. The molecule has 2 nitrogen and oxygen atoms in total. The third-order valence-corrected chi connectivity index (χ3v) is 2.99. The fourth-order valence-electron chi connectivity index (χ4n) is 1.85. The molecule has 0 aliphatic heterocycles. The summed E-state index contributed by atoms with van der Waals surface area (Å²) in [5, 5.41) is 12.3. The minimum Gasteiger partial charge on any atom is -0.508 e. The van der Waals surface area contributed by atoms with Crippen molar-refractivity contribution in [2.45, 2.75) is 19.1 Å². The van der Waals surface area contributed by atoms with Gasteiger partial charge in [-0.2, -0.15) is 13.2 Å². The van der Waals surface area contributed by atoms with Gasteiger partial charge in [0, 0.05) is 11.7 Å². The molecule has 2 N–H and O–H groups in total. The van der Waals surface area contributed by atoms with Crippen molar-refractivity contribution in [3.63, 3.8) is 0 Å². The van der Waals surface area contributed by atoms with E-state index in [2.05, 4.69) is 5.32 Å². The first-order valence-electron chi connectivity index (χ1n) is 6.09. The minimum atomic E-state index is -4.31. The number of hydrogen-bond acceptors (Lipinski definition) is 2. The molecule has 0 spiro atoms. The van der Waals surface area contributed by atoms with Gasteiger partial charge in [0.25, 0.3) is 0 Å². The highest BCUT2D eigenvalue weighted by Crippen LogP contribution is 2.30. The van der Waals surface area contributed by atoms with Crippen molar-refractivity contribution in [2.24, 2.45) is 0 Å². The number of phenols is 1. The number of benzene rings is 2. The van der Waals surface area contributed by atoms with Gasteiger partial charge in [0.1, 0.15) is 5.75 Å². The molecular weight excluding hydrogens is 267 g/mol. The van der Waals surface area contributed by atoms with Crippen LogP contribution in [0.3, 0.4) is 0 Å². The van der Waals surface area contributed by atoms with Gasteiger partial charge in [0.2, 0.25) is 0 Å². The molecule has 0 fully saturated rings. The maximum Gasteiger partial charge on any atom is 0.416 e. The molecule has 0 saturated heterocycles. The van der Waals surface area contributed by atoms with E-state index >= 15 is 0 Å². The summed E-state index contributed by atoms with van der Waals surface area (Å²) in [6.45, 7) is 1.86. The predicted octanol–water partition coefficient (Wildman–Crippen LogP) is 4.58. The molecule has 1 atom stereocenters. The Morgan fingerprint density at radius 1 is 0.950 bits per heavy atom. The van der Waals surface area contributed by atoms with Crippen LogP contribution in [0.5, 0.6) is 5.75 Å². The Bertz CT molecular complexity index is 561. The maximum atomic E-state index is 12.5. The van der Waals surface area contributed by atoms with Crippen LogP contribution in [0.25, 0.3) is 0 Å². The van der Waals surface area contributed by atoms with Gasteiger partial charge in [-0.15, -0.1) is 0 Å². The van der Waals surface area contributed by atoms with Crippen molar-refractivity contribution in [3.05, 3.63) is 59.7 Å². The van der Waals surface area contributed by atoms with Crippen molar-refractivity contribution in [2.75, 3.05) is 5.32 Å². The Balaban J connectivity index is 2.09. The molecule has 5 heteroatoms. The van der Waals surface area contributed by atoms with E-state index in [1.165, 1.54) is 12.1 Å². The molecule has 0 radical (unpaired) electrons. The second kappa shape index (κ2) is 5.45. The zero-order valence-electron chi connectivity index (χ0n) is 10.8. The lowest BCUT2D eigenvalue weighted by atomic mass is 10.1. The average molecular weight is 281 g/mol. The first-order valence-corrected chi connectivity index (χ1v) is 6.09. The summed E-state index contributed by atoms with van der Waals surface area (Å²) < 4.78 is 37.4. The molecule has 2 aromatic carbocycles. The molecule has 2 aromatic rings. The Morgan fingerprint density at radius 3 is 2.00 bits per heavy atom. The van der Waals surface area contributed by atoms with Gasteiger partial charge in [0.15, 0.2) is 0 Å². The lowest BCUT2D eigenvalue weighted by Crippen LogP contribution is -2.08. The van der Waals surface area contributed by atoms with Gasteiger partial charge in [-0.25, -0.2) is 0 Å². The van der Waals surface area contributed by atoms with Crippen molar-refractivity contribution < 1.29 is 18.3 Å². The molecule has 0 saturated carbocycles. The predicted molar refractivity (Wildman–Crippen MR) is 71.6 cm³/mol. The van der Waals surface area contributed by atoms with Crippen molar-refractivity contribution >= 4 is 5.69 Å². The average Bonchev–Trinajstić information content (AvgIpc) is 2.40. The molecule has 20 heavy (non-hydrogen) atoms. The topological polar surface area (TPSA) is 32.3 Å². The molecule has 0 aliphatic rings. The smallest absolute Gasteiger partial charge is 0.416 e. The van der Waals surface area contributed by atoms with E-state index in [4.69, 9.17) is 0 Å². The van der Waals surface area contributed by atoms with Gasteiger partial charge in [-0.05, 0) is 48.9 Å². The number of nitrogens with one attached hydrogen (secondary N) is 1. The van der Waals surface area contributed by atoms with E-state index in [0.29, 0.717) is 0 Å². The van der Waals surface area contributed by atoms with E-state index < -0.39 is 11.7 Å². The summed E-state index contributed by atoms with van der Waals surface area (Å²) in [4.78, 5) is 0. The third-order valence-electron chi connectivity index (χ3n) is 2.99. The van der Waals surface area contributed by atoms with E-state index in [0.717, 1.165) is 23.4 Å². The Hall–Kier alpha value is -2.17. The highest BCUT2D eigenvalue weighted by molar-refractivity contribution is 5.48. The first-order chi connectivity index (χ1) is 9.36. The van der Waals surface area contributed by atoms with Crippen LogP contribution >= 0.6 is 0 Å². The molecule has 2 rings (SSSR count). The Morgan fingerprint density at radius 2 is 1.50 bits per heavy atom. The van der Waals surface area contributed by atoms with Crippen LogP contribution in [-0.4, -0.2) is 5.11 Å². The number of rotatable bonds is 3.